The van der Waals surface area contributed by atoms with Crippen LogP contribution < -0.4 is 5.32 Å². The van der Waals surface area contributed by atoms with Crippen LogP contribution in [-0.2, 0) is 20.9 Å². The monoisotopic (exact) mass is 402 g/mol. The molecule has 2 fully saturated rings. The van der Waals surface area contributed by atoms with Gasteiger partial charge < -0.3 is 19.4 Å². The van der Waals surface area contributed by atoms with Crippen molar-refractivity contribution in [3.63, 3.8) is 0 Å². The summed E-state index contributed by atoms with van der Waals surface area (Å²) in [4.78, 5) is 39.1. The van der Waals surface area contributed by atoms with Gasteiger partial charge in [0.15, 0.2) is 0 Å². The summed E-state index contributed by atoms with van der Waals surface area (Å²) in [6, 6.07) is 3.57. The number of ether oxygens (including phenoxy) is 1. The Balaban J connectivity index is 1.45. The number of furan rings is 1. The maximum Gasteiger partial charge on any atom is 0.341 e. The van der Waals surface area contributed by atoms with E-state index in [0.29, 0.717) is 35.3 Å². The summed E-state index contributed by atoms with van der Waals surface area (Å²) in [5.41, 5.74) is 1.43. The predicted octanol–water partition coefficient (Wildman–Crippen LogP) is 3.38. The Kier molecular flexibility index (Phi) is 5.21. The zero-order chi connectivity index (χ0) is 19.7. The number of anilines is 1. The first kappa shape index (κ1) is 18.7. The van der Waals surface area contributed by atoms with E-state index in [-0.39, 0.29) is 24.8 Å². The van der Waals surface area contributed by atoms with E-state index in [4.69, 9.17) is 9.15 Å². The number of rotatable bonds is 7. The fraction of sp³-hybridized carbons (Fsp3) is 0.450. The van der Waals surface area contributed by atoms with Crippen LogP contribution >= 0.6 is 11.3 Å². The Morgan fingerprint density at radius 3 is 2.89 bits per heavy atom. The first-order chi connectivity index (χ1) is 13.6. The highest BCUT2D eigenvalue weighted by Gasteiger charge is 2.37. The standard InChI is InChI=1S/C20H22N2O5S/c1-2-26-20(25)17-15(12-5-6-12)11-28-19(17)21-18(24)13-8-16(23)22(9-13)10-14-4-3-7-27-14/h3-4,7,11-13H,2,5-6,8-10H2,1H3,(H,21,24). The molecule has 0 aromatic carbocycles. The Hall–Kier alpha value is -2.61. The minimum Gasteiger partial charge on any atom is -0.467 e. The summed E-state index contributed by atoms with van der Waals surface area (Å²) in [5.74, 6) is -0.117. The molecule has 1 atom stereocenters. The van der Waals surface area contributed by atoms with E-state index in [9.17, 15) is 14.4 Å². The maximum absolute atomic E-state index is 12.8. The lowest BCUT2D eigenvalue weighted by Crippen LogP contribution is -2.28. The van der Waals surface area contributed by atoms with Gasteiger partial charge >= 0.3 is 5.97 Å². The second kappa shape index (κ2) is 7.79. The Labute approximate surface area is 166 Å². The molecule has 0 radical (unpaired) electrons. The molecule has 0 bridgehead atoms. The molecule has 28 heavy (non-hydrogen) atoms. The average molecular weight is 402 g/mol. The molecule has 1 unspecified atom stereocenters. The fourth-order valence-electron chi connectivity index (χ4n) is 3.48. The minimum absolute atomic E-state index is 0.0768. The van der Waals surface area contributed by atoms with Crippen LogP contribution in [0.25, 0.3) is 0 Å². The SMILES string of the molecule is CCOC(=O)c1c(C2CC2)csc1NC(=O)C1CC(=O)N(Cc2ccco2)C1. The van der Waals surface area contributed by atoms with Crippen LogP contribution in [0.1, 0.15) is 53.8 Å². The highest BCUT2D eigenvalue weighted by atomic mass is 32.1. The van der Waals surface area contributed by atoms with Crippen LogP contribution in [0.15, 0.2) is 28.2 Å². The van der Waals surface area contributed by atoms with Gasteiger partial charge in [-0.15, -0.1) is 11.3 Å². The Morgan fingerprint density at radius 1 is 1.39 bits per heavy atom. The van der Waals surface area contributed by atoms with Gasteiger partial charge in [0, 0.05) is 13.0 Å². The molecule has 2 aromatic heterocycles. The van der Waals surface area contributed by atoms with Gasteiger partial charge in [-0.05, 0) is 48.8 Å². The average Bonchev–Trinajstić information content (AvgIpc) is 3.05. The van der Waals surface area contributed by atoms with E-state index in [0.717, 1.165) is 18.4 Å². The van der Waals surface area contributed by atoms with Gasteiger partial charge in [-0.3, -0.25) is 9.59 Å². The lowest BCUT2D eigenvalue weighted by Gasteiger charge is -2.15. The molecule has 1 saturated heterocycles. The third kappa shape index (κ3) is 3.82. The molecule has 1 saturated carbocycles. The van der Waals surface area contributed by atoms with E-state index < -0.39 is 11.9 Å². The van der Waals surface area contributed by atoms with Gasteiger partial charge in [0.05, 0.1) is 30.9 Å². The van der Waals surface area contributed by atoms with Crippen molar-refractivity contribution in [1.82, 2.24) is 4.90 Å². The largest absolute Gasteiger partial charge is 0.467 e. The molecule has 148 valence electrons. The van der Waals surface area contributed by atoms with Crippen LogP contribution in [0.3, 0.4) is 0 Å². The summed E-state index contributed by atoms with van der Waals surface area (Å²) >= 11 is 1.34. The van der Waals surface area contributed by atoms with E-state index in [1.807, 2.05) is 5.38 Å². The molecule has 3 heterocycles. The Bertz CT molecular complexity index is 885. The second-order valence-electron chi connectivity index (χ2n) is 7.13. The van der Waals surface area contributed by atoms with Crippen molar-refractivity contribution < 1.29 is 23.5 Å². The molecular weight excluding hydrogens is 380 g/mol. The summed E-state index contributed by atoms with van der Waals surface area (Å²) in [5, 5.41) is 5.32. The molecular formula is C20H22N2O5S. The van der Waals surface area contributed by atoms with Gasteiger partial charge in [0.1, 0.15) is 10.8 Å². The molecule has 0 spiro atoms. The first-order valence-electron chi connectivity index (χ1n) is 9.46. The van der Waals surface area contributed by atoms with Gasteiger partial charge in [0.2, 0.25) is 11.8 Å². The van der Waals surface area contributed by atoms with E-state index >= 15 is 0 Å². The minimum atomic E-state index is -0.455. The molecule has 8 heteroatoms. The van der Waals surface area contributed by atoms with Gasteiger partial charge in [-0.1, -0.05) is 0 Å². The number of hydrogen-bond acceptors (Lipinski definition) is 6. The van der Waals surface area contributed by atoms with Crippen molar-refractivity contribution in [1.29, 1.82) is 0 Å². The lowest BCUT2D eigenvalue weighted by molar-refractivity contribution is -0.128. The normalized spacial score (nSPS) is 19.1. The maximum atomic E-state index is 12.8. The number of nitrogens with one attached hydrogen (secondary N) is 1. The van der Waals surface area contributed by atoms with E-state index in [1.54, 1.807) is 30.2 Å². The number of carbonyl (C=O) groups is 3. The van der Waals surface area contributed by atoms with Gasteiger partial charge in [-0.25, -0.2) is 4.79 Å². The lowest BCUT2D eigenvalue weighted by atomic mass is 10.1. The van der Waals surface area contributed by atoms with Crippen molar-refractivity contribution >= 4 is 34.1 Å². The molecule has 4 rings (SSSR count). The van der Waals surface area contributed by atoms with Crippen LogP contribution in [-0.4, -0.2) is 35.8 Å². The summed E-state index contributed by atoms with van der Waals surface area (Å²) in [7, 11) is 0. The van der Waals surface area contributed by atoms with Crippen molar-refractivity contribution in [2.45, 2.75) is 38.6 Å². The third-order valence-electron chi connectivity index (χ3n) is 5.07. The molecule has 2 amide bonds. The zero-order valence-electron chi connectivity index (χ0n) is 15.6. The number of amides is 2. The highest BCUT2D eigenvalue weighted by Crippen LogP contribution is 2.46. The molecule has 1 N–H and O–H groups in total. The molecule has 2 aromatic rings. The molecule has 2 aliphatic rings. The number of esters is 1. The van der Waals surface area contributed by atoms with Crippen molar-refractivity contribution in [3.05, 3.63) is 40.7 Å². The quantitative estimate of drug-likeness (QED) is 0.717. The number of hydrogen-bond donors (Lipinski definition) is 1. The molecule has 1 aliphatic carbocycles. The summed E-state index contributed by atoms with van der Waals surface area (Å²) in [6.45, 7) is 2.73. The predicted molar refractivity (Wildman–Crippen MR) is 103 cm³/mol. The number of nitrogens with zero attached hydrogens (tertiary/aromatic N) is 1. The Morgan fingerprint density at radius 2 is 2.21 bits per heavy atom. The van der Waals surface area contributed by atoms with E-state index in [1.165, 1.54) is 11.3 Å². The zero-order valence-corrected chi connectivity index (χ0v) is 16.4. The molecule has 7 nitrogen and oxygen atoms in total. The number of likely N-dealkylation sites (tertiary alicyclic amines) is 1. The van der Waals surface area contributed by atoms with E-state index in [2.05, 4.69) is 5.32 Å². The topological polar surface area (TPSA) is 88.8 Å². The van der Waals surface area contributed by atoms with Crippen LogP contribution in [0, 0.1) is 5.92 Å². The van der Waals surface area contributed by atoms with Crippen molar-refractivity contribution in [3.8, 4) is 0 Å². The third-order valence-corrected chi connectivity index (χ3v) is 5.98. The number of carbonyl (C=O) groups excluding carboxylic acids is 3. The van der Waals surface area contributed by atoms with Gasteiger partial charge in [-0.2, -0.15) is 0 Å². The number of thiophene rings is 1. The smallest absolute Gasteiger partial charge is 0.341 e. The highest BCUT2D eigenvalue weighted by molar-refractivity contribution is 7.15. The summed E-state index contributed by atoms with van der Waals surface area (Å²) in [6.07, 6.45) is 3.82. The molecule has 1 aliphatic heterocycles. The summed E-state index contributed by atoms with van der Waals surface area (Å²) < 4.78 is 10.5. The van der Waals surface area contributed by atoms with Crippen molar-refractivity contribution in [2.24, 2.45) is 5.92 Å². The van der Waals surface area contributed by atoms with Gasteiger partial charge in [0.25, 0.3) is 0 Å². The van der Waals surface area contributed by atoms with Crippen LogP contribution in [0.2, 0.25) is 0 Å². The fourth-order valence-corrected chi connectivity index (χ4v) is 4.51. The van der Waals surface area contributed by atoms with Crippen LogP contribution in [0.5, 0.6) is 0 Å². The second-order valence-corrected chi connectivity index (χ2v) is 8.01. The first-order valence-corrected chi connectivity index (χ1v) is 10.3. The van der Waals surface area contributed by atoms with Crippen LogP contribution in [0.4, 0.5) is 5.00 Å². The van der Waals surface area contributed by atoms with Crippen molar-refractivity contribution in [2.75, 3.05) is 18.5 Å².